The molecule has 1 aromatic carbocycles. The molecule has 7 heteroatoms. The van der Waals surface area contributed by atoms with E-state index < -0.39 is 8.32 Å². The first kappa shape index (κ1) is 34.5. The number of carbonyl (C=O) groups is 1. The van der Waals surface area contributed by atoms with Crippen LogP contribution < -0.4 is 4.74 Å². The van der Waals surface area contributed by atoms with Crippen LogP contribution in [0.15, 0.2) is 34.4 Å². The van der Waals surface area contributed by atoms with Crippen LogP contribution in [0.2, 0.25) is 18.1 Å². The normalized spacial score (nSPS) is 24.9. The Kier molecular flexibility index (Phi) is 13.7. The molecular formula is C32H53IO5Si. The third-order valence-electron chi connectivity index (χ3n) is 8.68. The summed E-state index contributed by atoms with van der Waals surface area (Å²) in [6.07, 6.45) is 5.06. The minimum atomic E-state index is -1.97. The van der Waals surface area contributed by atoms with Gasteiger partial charge in [0.1, 0.15) is 11.5 Å². The van der Waals surface area contributed by atoms with Crippen LogP contribution in [0.25, 0.3) is 0 Å². The van der Waals surface area contributed by atoms with Crippen molar-refractivity contribution in [2.24, 2.45) is 17.8 Å². The van der Waals surface area contributed by atoms with Crippen molar-refractivity contribution >= 4 is 36.7 Å². The zero-order chi connectivity index (χ0) is 29.4. The minimum absolute atomic E-state index is 0.0337. The fourth-order valence-electron chi connectivity index (χ4n) is 5.17. The zero-order valence-corrected chi connectivity index (χ0v) is 29.1. The molecule has 1 aliphatic heterocycles. The third kappa shape index (κ3) is 10.2. The van der Waals surface area contributed by atoms with Crippen molar-refractivity contribution in [2.45, 2.75) is 123 Å². The van der Waals surface area contributed by atoms with Gasteiger partial charge in [0, 0.05) is 12.8 Å². The van der Waals surface area contributed by atoms with Gasteiger partial charge in [-0.05, 0) is 76.6 Å². The summed E-state index contributed by atoms with van der Waals surface area (Å²) in [5, 5.41) is 0.129. The lowest BCUT2D eigenvalue weighted by atomic mass is 9.83. The molecule has 7 unspecified atom stereocenters. The van der Waals surface area contributed by atoms with E-state index in [0.717, 1.165) is 24.2 Å². The molecule has 222 valence electrons. The maximum Gasteiger partial charge on any atom is 0.192 e. The first-order valence-corrected chi connectivity index (χ1v) is 18.7. The van der Waals surface area contributed by atoms with Crippen molar-refractivity contribution in [1.29, 1.82) is 0 Å². The Bertz CT molecular complexity index is 910. The monoisotopic (exact) mass is 672 g/mol. The molecule has 0 spiro atoms. The van der Waals surface area contributed by atoms with Crippen LogP contribution in [0.1, 0.15) is 79.7 Å². The number of halogens is 1. The highest BCUT2D eigenvalue weighted by molar-refractivity contribution is 14.1. The number of ketones is 1. The maximum absolute atomic E-state index is 13.3. The van der Waals surface area contributed by atoms with Gasteiger partial charge < -0.3 is 18.6 Å². The lowest BCUT2D eigenvalue weighted by molar-refractivity contribution is -0.159. The molecule has 7 atom stereocenters. The highest BCUT2D eigenvalue weighted by atomic mass is 127. The predicted octanol–water partition coefficient (Wildman–Crippen LogP) is 8.74. The van der Waals surface area contributed by atoms with Crippen LogP contribution >= 0.6 is 22.6 Å². The Labute approximate surface area is 253 Å². The average Bonchev–Trinajstić information content (AvgIpc) is 2.85. The van der Waals surface area contributed by atoms with Crippen molar-refractivity contribution in [3.05, 3.63) is 40.0 Å². The third-order valence-corrected chi connectivity index (χ3v) is 13.6. The molecule has 0 N–H and O–H groups in total. The topological polar surface area (TPSA) is 54.0 Å². The summed E-state index contributed by atoms with van der Waals surface area (Å²) in [7, 11) is -0.308. The first-order chi connectivity index (χ1) is 18.2. The Morgan fingerprint density at radius 1 is 1.18 bits per heavy atom. The van der Waals surface area contributed by atoms with Crippen molar-refractivity contribution in [3.63, 3.8) is 0 Å². The van der Waals surface area contributed by atoms with Gasteiger partial charge in [0.25, 0.3) is 0 Å². The van der Waals surface area contributed by atoms with Crippen molar-refractivity contribution in [3.8, 4) is 5.75 Å². The van der Waals surface area contributed by atoms with Crippen molar-refractivity contribution in [2.75, 3.05) is 7.11 Å². The molecule has 39 heavy (non-hydrogen) atoms. The quantitative estimate of drug-likeness (QED) is 0.146. The van der Waals surface area contributed by atoms with Crippen LogP contribution in [0, 0.1) is 17.8 Å². The molecule has 2 rings (SSSR count). The number of hydrogen-bond donors (Lipinski definition) is 0. The van der Waals surface area contributed by atoms with E-state index >= 15 is 0 Å². The molecule has 5 nitrogen and oxygen atoms in total. The Balaban J connectivity index is 2.04. The van der Waals surface area contributed by atoms with E-state index in [1.54, 1.807) is 7.11 Å². The predicted molar refractivity (Wildman–Crippen MR) is 172 cm³/mol. The molecule has 0 amide bonds. The summed E-state index contributed by atoms with van der Waals surface area (Å²) >= 11 is 2.22. The SMILES string of the molecule is CCC1OC(C(C)CC(=O)CC(C)C(C=CI)OCc2ccc(OC)cc2)C(O[Si](C)(C)C(C)(C)C)CC1C. The molecule has 0 saturated carbocycles. The van der Waals surface area contributed by atoms with Crippen molar-refractivity contribution < 1.29 is 23.4 Å². The van der Waals surface area contributed by atoms with Gasteiger partial charge in [-0.2, -0.15) is 0 Å². The van der Waals surface area contributed by atoms with Gasteiger partial charge in [-0.25, -0.2) is 0 Å². The molecule has 1 heterocycles. The largest absolute Gasteiger partial charge is 0.497 e. The van der Waals surface area contributed by atoms with Crippen LogP contribution in [0.3, 0.4) is 0 Å². The summed E-state index contributed by atoms with van der Waals surface area (Å²) in [4.78, 5) is 13.3. The summed E-state index contributed by atoms with van der Waals surface area (Å²) in [5.41, 5.74) is 1.08. The number of hydrogen-bond acceptors (Lipinski definition) is 5. The summed E-state index contributed by atoms with van der Waals surface area (Å²) in [6.45, 7) is 20.7. The smallest absolute Gasteiger partial charge is 0.192 e. The van der Waals surface area contributed by atoms with Gasteiger partial charge in [-0.3, -0.25) is 4.79 Å². The average molecular weight is 673 g/mol. The van der Waals surface area contributed by atoms with Gasteiger partial charge in [0.15, 0.2) is 8.32 Å². The molecule has 0 aromatic heterocycles. The molecule has 0 radical (unpaired) electrons. The van der Waals surface area contributed by atoms with E-state index in [1.165, 1.54) is 0 Å². The molecule has 1 saturated heterocycles. The van der Waals surface area contributed by atoms with E-state index in [2.05, 4.69) is 84.2 Å². The lowest BCUT2D eigenvalue weighted by Crippen LogP contribution is -2.54. The van der Waals surface area contributed by atoms with E-state index in [1.807, 2.05) is 34.4 Å². The fourth-order valence-corrected chi connectivity index (χ4v) is 6.92. The number of methoxy groups -OCH3 is 1. The number of Topliss-reactive ketones (excluding diaryl/α,β-unsaturated/α-hetero) is 1. The van der Waals surface area contributed by atoms with Gasteiger partial charge in [-0.15, -0.1) is 0 Å². The molecule has 1 aromatic rings. The van der Waals surface area contributed by atoms with Gasteiger partial charge in [0.2, 0.25) is 0 Å². The van der Waals surface area contributed by atoms with Gasteiger partial charge in [0.05, 0.1) is 38.1 Å². The Morgan fingerprint density at radius 2 is 1.82 bits per heavy atom. The Morgan fingerprint density at radius 3 is 2.36 bits per heavy atom. The van der Waals surface area contributed by atoms with Crippen LogP contribution in [0.4, 0.5) is 0 Å². The van der Waals surface area contributed by atoms with Crippen LogP contribution in [0.5, 0.6) is 5.75 Å². The van der Waals surface area contributed by atoms with Crippen LogP contribution in [-0.4, -0.2) is 45.6 Å². The number of benzene rings is 1. The number of ether oxygens (including phenoxy) is 3. The van der Waals surface area contributed by atoms with E-state index in [9.17, 15) is 4.79 Å². The standard InChI is InChI=1S/C32H53IO5Si/c1-11-28-23(3)20-30(38-39(9,10)32(5,6)7)31(37-28)24(4)19-26(34)18-22(2)29(16-17-33)36-21-25-12-14-27(35-8)15-13-25/h12-17,22-24,28-31H,11,18-21H2,1-10H3. The highest BCUT2D eigenvalue weighted by Gasteiger charge is 2.45. The number of carbonyl (C=O) groups excluding carboxylic acids is 1. The highest BCUT2D eigenvalue weighted by Crippen LogP contribution is 2.41. The zero-order valence-electron chi connectivity index (χ0n) is 26.0. The molecule has 1 fully saturated rings. The van der Waals surface area contributed by atoms with Crippen molar-refractivity contribution in [1.82, 2.24) is 0 Å². The molecule has 0 aliphatic carbocycles. The van der Waals surface area contributed by atoms with Crippen LogP contribution in [-0.2, 0) is 25.3 Å². The minimum Gasteiger partial charge on any atom is -0.497 e. The van der Waals surface area contributed by atoms with E-state index in [-0.39, 0.29) is 47.1 Å². The lowest BCUT2D eigenvalue weighted by Gasteiger charge is -2.47. The number of rotatable bonds is 14. The second-order valence-corrected chi connectivity index (χ2v) is 18.5. The fraction of sp³-hybridized carbons (Fsp3) is 0.719. The second kappa shape index (κ2) is 15.5. The molecule has 0 bridgehead atoms. The Hall–Kier alpha value is -0.743. The summed E-state index contributed by atoms with van der Waals surface area (Å²) < 4.78 is 27.1. The second-order valence-electron chi connectivity index (χ2n) is 13.0. The van der Waals surface area contributed by atoms with E-state index in [4.69, 9.17) is 18.6 Å². The summed E-state index contributed by atoms with van der Waals surface area (Å²) in [5.74, 6) is 1.71. The maximum atomic E-state index is 13.3. The van der Waals surface area contributed by atoms with Gasteiger partial charge in [-0.1, -0.05) is 83.2 Å². The first-order valence-electron chi connectivity index (χ1n) is 14.6. The van der Waals surface area contributed by atoms with Gasteiger partial charge >= 0.3 is 0 Å². The van der Waals surface area contributed by atoms with E-state index in [0.29, 0.717) is 25.4 Å². The summed E-state index contributed by atoms with van der Waals surface area (Å²) in [6, 6.07) is 7.90. The molecular weight excluding hydrogens is 619 g/mol. The molecule has 1 aliphatic rings.